The van der Waals surface area contributed by atoms with Crippen LogP contribution in [0, 0.1) is 12.3 Å². The van der Waals surface area contributed by atoms with E-state index in [2.05, 4.69) is 161 Å². The quantitative estimate of drug-likeness (QED) is 0.143. The van der Waals surface area contributed by atoms with Crippen LogP contribution in [0.25, 0.3) is 71.7 Å². The predicted octanol–water partition coefficient (Wildman–Crippen LogP) is 11.1. The van der Waals surface area contributed by atoms with Crippen molar-refractivity contribution in [3.63, 3.8) is 0 Å². The summed E-state index contributed by atoms with van der Waals surface area (Å²) in [6.07, 6.45) is 11.2. The van der Waals surface area contributed by atoms with E-state index < -0.39 is 0 Å². The average molecular weight is 575 g/mol. The SMILES string of the molecule is C#C/C=C\C(=C/C)c1ccc(-c2cccc(-n3c4ccccc4c4cc(-n5c6ccccc6c6ccccc65)ccc43)c2)cc1. The summed E-state index contributed by atoms with van der Waals surface area (Å²) in [4.78, 5) is 0. The fraction of sp³-hybridized carbons (Fsp3) is 0.0233. The van der Waals surface area contributed by atoms with Gasteiger partial charge in [-0.05, 0) is 89.9 Å². The first-order chi connectivity index (χ1) is 22.2. The largest absolute Gasteiger partial charge is 0.309 e. The molecule has 2 aromatic heterocycles. The number of para-hydroxylation sites is 3. The van der Waals surface area contributed by atoms with Gasteiger partial charge >= 0.3 is 0 Å². The number of hydrogen-bond donors (Lipinski definition) is 0. The fourth-order valence-corrected chi connectivity index (χ4v) is 6.76. The monoisotopic (exact) mass is 574 g/mol. The molecule has 0 radical (unpaired) electrons. The van der Waals surface area contributed by atoms with Gasteiger partial charge in [0.05, 0.1) is 22.1 Å². The van der Waals surface area contributed by atoms with E-state index in [1.165, 1.54) is 54.7 Å². The number of terminal acetylenes is 1. The zero-order valence-electron chi connectivity index (χ0n) is 25.0. The summed E-state index contributed by atoms with van der Waals surface area (Å²) in [7, 11) is 0. The zero-order chi connectivity index (χ0) is 30.3. The number of allylic oxidation sites excluding steroid dienone is 4. The zero-order valence-corrected chi connectivity index (χ0v) is 25.0. The molecule has 2 nitrogen and oxygen atoms in total. The Hall–Kier alpha value is -6.04. The smallest absolute Gasteiger partial charge is 0.0542 e. The summed E-state index contributed by atoms with van der Waals surface area (Å²) in [6.45, 7) is 2.03. The summed E-state index contributed by atoms with van der Waals surface area (Å²) in [5, 5.41) is 5.01. The molecule has 2 heterocycles. The first kappa shape index (κ1) is 26.6. The molecule has 2 heteroatoms. The summed E-state index contributed by atoms with van der Waals surface area (Å²) in [5.41, 5.74) is 11.7. The standard InChI is InChI=1S/C43H30N2/c1-3-5-13-30(4-2)31-22-24-32(25-23-31)33-14-12-15-34(28-33)44-42-21-11-8-18-38(42)39-29-35(26-27-43(39)44)45-40-19-9-6-16-36(40)37-17-7-10-20-41(37)45/h1,4-29H,2H3/b13-5-,30-4+. The van der Waals surface area contributed by atoms with Gasteiger partial charge in [-0.3, -0.25) is 0 Å². The highest BCUT2D eigenvalue weighted by Gasteiger charge is 2.16. The van der Waals surface area contributed by atoms with E-state index in [-0.39, 0.29) is 0 Å². The van der Waals surface area contributed by atoms with Gasteiger partial charge in [0.25, 0.3) is 0 Å². The number of rotatable bonds is 5. The minimum atomic E-state index is 1.11. The molecule has 8 rings (SSSR count). The van der Waals surface area contributed by atoms with Crippen LogP contribution < -0.4 is 0 Å². The summed E-state index contributed by atoms with van der Waals surface area (Å²) >= 11 is 0. The molecule has 212 valence electrons. The molecule has 6 aromatic carbocycles. The highest BCUT2D eigenvalue weighted by molar-refractivity contribution is 6.12. The van der Waals surface area contributed by atoms with Gasteiger partial charge in [-0.2, -0.15) is 0 Å². The number of fused-ring (bicyclic) bond motifs is 6. The molecular weight excluding hydrogens is 544 g/mol. The Bertz CT molecular complexity index is 2440. The Kier molecular flexibility index (Phi) is 6.44. The van der Waals surface area contributed by atoms with Crippen molar-refractivity contribution >= 4 is 49.2 Å². The molecule has 0 unspecified atom stereocenters. The van der Waals surface area contributed by atoms with E-state index in [9.17, 15) is 0 Å². The summed E-state index contributed by atoms with van der Waals surface area (Å²) in [5.74, 6) is 2.58. The average Bonchev–Trinajstić information content (AvgIpc) is 3.61. The van der Waals surface area contributed by atoms with Gasteiger partial charge in [-0.1, -0.05) is 103 Å². The molecule has 0 spiro atoms. The Morgan fingerprint density at radius 1 is 0.533 bits per heavy atom. The maximum Gasteiger partial charge on any atom is 0.0542 e. The third-order valence-electron chi connectivity index (χ3n) is 8.82. The van der Waals surface area contributed by atoms with Gasteiger partial charge in [0, 0.05) is 32.9 Å². The van der Waals surface area contributed by atoms with Crippen LogP contribution in [0.1, 0.15) is 12.5 Å². The van der Waals surface area contributed by atoms with E-state index in [4.69, 9.17) is 6.42 Å². The third-order valence-corrected chi connectivity index (χ3v) is 8.82. The molecule has 8 aromatic rings. The van der Waals surface area contributed by atoms with Gasteiger partial charge in [-0.25, -0.2) is 0 Å². The van der Waals surface area contributed by atoms with Crippen LogP contribution in [0.15, 0.2) is 158 Å². The van der Waals surface area contributed by atoms with Crippen molar-refractivity contribution in [1.82, 2.24) is 9.13 Å². The fourth-order valence-electron chi connectivity index (χ4n) is 6.76. The first-order valence-electron chi connectivity index (χ1n) is 15.3. The van der Waals surface area contributed by atoms with E-state index in [0.717, 1.165) is 22.5 Å². The minimum Gasteiger partial charge on any atom is -0.309 e. The van der Waals surface area contributed by atoms with Gasteiger partial charge in [0.15, 0.2) is 0 Å². The lowest BCUT2D eigenvalue weighted by molar-refractivity contribution is 1.17. The second-order valence-corrected chi connectivity index (χ2v) is 11.3. The van der Waals surface area contributed by atoms with Crippen molar-refractivity contribution in [2.24, 2.45) is 0 Å². The van der Waals surface area contributed by atoms with Gasteiger partial charge in [-0.15, -0.1) is 6.42 Å². The van der Waals surface area contributed by atoms with Crippen LogP contribution in [-0.4, -0.2) is 9.13 Å². The Labute approximate surface area is 262 Å². The molecule has 0 N–H and O–H groups in total. The Morgan fingerprint density at radius 3 is 1.69 bits per heavy atom. The number of nitrogens with zero attached hydrogens (tertiary/aromatic N) is 2. The summed E-state index contributed by atoms with van der Waals surface area (Å²) in [6, 6.07) is 50.5. The molecule has 0 atom stereocenters. The highest BCUT2D eigenvalue weighted by Crippen LogP contribution is 2.37. The second kappa shape index (κ2) is 10.9. The van der Waals surface area contributed by atoms with Gasteiger partial charge in [0.2, 0.25) is 0 Å². The van der Waals surface area contributed by atoms with Crippen molar-refractivity contribution in [1.29, 1.82) is 0 Å². The maximum absolute atomic E-state index is 5.44. The maximum atomic E-state index is 5.44. The number of hydrogen-bond acceptors (Lipinski definition) is 0. The van der Waals surface area contributed by atoms with E-state index in [1.54, 1.807) is 6.08 Å². The molecule has 0 aliphatic rings. The molecule has 45 heavy (non-hydrogen) atoms. The normalized spacial score (nSPS) is 12.1. The molecule has 0 saturated heterocycles. The van der Waals surface area contributed by atoms with Crippen molar-refractivity contribution < 1.29 is 0 Å². The van der Waals surface area contributed by atoms with Gasteiger partial charge in [0.1, 0.15) is 0 Å². The second-order valence-electron chi connectivity index (χ2n) is 11.3. The van der Waals surface area contributed by atoms with Crippen molar-refractivity contribution in [2.75, 3.05) is 0 Å². The number of aromatic nitrogens is 2. The van der Waals surface area contributed by atoms with Crippen LogP contribution in [-0.2, 0) is 0 Å². The number of benzene rings is 6. The van der Waals surface area contributed by atoms with Crippen LogP contribution >= 0.6 is 0 Å². The first-order valence-corrected chi connectivity index (χ1v) is 15.3. The van der Waals surface area contributed by atoms with Crippen LogP contribution in [0.5, 0.6) is 0 Å². The van der Waals surface area contributed by atoms with Gasteiger partial charge < -0.3 is 9.13 Å². The summed E-state index contributed by atoms with van der Waals surface area (Å²) < 4.78 is 4.78. The Morgan fingerprint density at radius 2 is 1.09 bits per heavy atom. The topological polar surface area (TPSA) is 9.86 Å². The van der Waals surface area contributed by atoms with E-state index in [0.29, 0.717) is 0 Å². The lowest BCUT2D eigenvalue weighted by atomic mass is 9.99. The van der Waals surface area contributed by atoms with Crippen LogP contribution in [0.3, 0.4) is 0 Å². The van der Waals surface area contributed by atoms with Crippen molar-refractivity contribution in [2.45, 2.75) is 6.92 Å². The van der Waals surface area contributed by atoms with Crippen molar-refractivity contribution in [3.8, 4) is 34.8 Å². The molecule has 0 bridgehead atoms. The van der Waals surface area contributed by atoms with Crippen molar-refractivity contribution in [3.05, 3.63) is 163 Å². The van der Waals surface area contributed by atoms with Crippen LogP contribution in [0.4, 0.5) is 0 Å². The predicted molar refractivity (Wildman–Crippen MR) is 192 cm³/mol. The molecule has 0 aliphatic carbocycles. The Balaban J connectivity index is 1.27. The molecule has 0 saturated carbocycles. The highest BCUT2D eigenvalue weighted by atomic mass is 15.0. The van der Waals surface area contributed by atoms with E-state index in [1.807, 2.05) is 13.0 Å². The lowest BCUT2D eigenvalue weighted by Crippen LogP contribution is -1.96. The lowest BCUT2D eigenvalue weighted by Gasteiger charge is -2.12. The molecule has 0 aliphatic heterocycles. The minimum absolute atomic E-state index is 1.11. The third kappa shape index (κ3) is 4.37. The molecule has 0 fully saturated rings. The molecule has 0 amide bonds. The molecular formula is C43H30N2. The van der Waals surface area contributed by atoms with E-state index >= 15 is 0 Å². The van der Waals surface area contributed by atoms with Crippen LogP contribution in [0.2, 0.25) is 0 Å².